The molecule has 0 rings (SSSR count). The van der Waals surface area contributed by atoms with Crippen LogP contribution in [0.3, 0.4) is 0 Å². The summed E-state index contributed by atoms with van der Waals surface area (Å²) in [7, 11) is 5.35. The van der Waals surface area contributed by atoms with Crippen LogP contribution < -0.4 is 5.11 Å². The molecule has 8 heteroatoms. The number of hydrogen-bond acceptors (Lipinski definition) is 7. The summed E-state index contributed by atoms with van der Waals surface area (Å²) in [5, 5.41) is 11.6. The van der Waals surface area contributed by atoms with Crippen LogP contribution in [-0.4, -0.2) is 75.5 Å². The number of ether oxygens (including phenoxy) is 3. The summed E-state index contributed by atoms with van der Waals surface area (Å²) in [4.78, 5) is 36.6. The quantitative estimate of drug-likeness (QED) is 0.0288. The minimum absolute atomic E-state index is 0.00886. The largest absolute Gasteiger partial charge is 0.544 e. The van der Waals surface area contributed by atoms with E-state index in [1.54, 1.807) is 27.2 Å². The number of carboxylic acids is 1. The average molecular weight is 726 g/mol. The summed E-state index contributed by atoms with van der Waals surface area (Å²) in [6, 6.07) is -0.747. The van der Waals surface area contributed by atoms with E-state index in [1.165, 1.54) is 6.42 Å². The Kier molecular flexibility index (Phi) is 32.3. The average Bonchev–Trinajstić information content (AvgIpc) is 3.09. The van der Waals surface area contributed by atoms with Crippen LogP contribution in [0.2, 0.25) is 0 Å². The number of quaternary nitrogens is 1. The predicted octanol–water partition coefficient (Wildman–Crippen LogP) is 8.85. The molecule has 8 nitrogen and oxygen atoms in total. The van der Waals surface area contributed by atoms with Crippen molar-refractivity contribution >= 4 is 17.9 Å². The van der Waals surface area contributed by atoms with Crippen molar-refractivity contribution < 1.29 is 38.2 Å². The molecule has 294 valence electrons. The third kappa shape index (κ3) is 32.4. The van der Waals surface area contributed by atoms with Crippen molar-refractivity contribution in [1.82, 2.24) is 0 Å². The lowest BCUT2D eigenvalue weighted by Gasteiger charge is -2.34. The van der Waals surface area contributed by atoms with Gasteiger partial charge >= 0.3 is 11.9 Å². The first-order chi connectivity index (χ1) is 25.1. The fourth-order valence-corrected chi connectivity index (χ4v) is 5.00. The van der Waals surface area contributed by atoms with Crippen molar-refractivity contribution in [3.8, 4) is 0 Å². The van der Waals surface area contributed by atoms with Gasteiger partial charge in [0.25, 0.3) is 0 Å². The van der Waals surface area contributed by atoms with Crippen molar-refractivity contribution in [3.05, 3.63) is 85.1 Å². The molecule has 0 aliphatic heterocycles. The smallest absolute Gasteiger partial charge is 0.310 e. The predicted molar refractivity (Wildman–Crippen MR) is 212 cm³/mol. The van der Waals surface area contributed by atoms with Gasteiger partial charge in [0.05, 0.1) is 46.7 Å². The van der Waals surface area contributed by atoms with Gasteiger partial charge in [-0.3, -0.25) is 9.59 Å². The van der Waals surface area contributed by atoms with E-state index < -0.39 is 24.1 Å². The summed E-state index contributed by atoms with van der Waals surface area (Å²) in [5.41, 5.74) is 0. The molecule has 0 bridgehead atoms. The van der Waals surface area contributed by atoms with Crippen molar-refractivity contribution in [3.63, 3.8) is 0 Å². The zero-order valence-corrected chi connectivity index (χ0v) is 33.2. The van der Waals surface area contributed by atoms with Crippen LogP contribution in [0, 0.1) is 0 Å². The Morgan fingerprint density at radius 1 is 0.615 bits per heavy atom. The van der Waals surface area contributed by atoms with E-state index in [2.05, 4.69) is 86.8 Å². The molecule has 0 saturated heterocycles. The molecule has 0 radical (unpaired) electrons. The molecule has 0 saturated carbocycles. The Hall–Kier alpha value is -3.49. The number of carboxylic acid groups (broad SMARTS) is 1. The van der Waals surface area contributed by atoms with Gasteiger partial charge in [0, 0.05) is 12.8 Å². The molecule has 0 aromatic rings. The maximum absolute atomic E-state index is 12.6. The van der Waals surface area contributed by atoms with Crippen LogP contribution in [0.5, 0.6) is 0 Å². The zero-order valence-electron chi connectivity index (χ0n) is 33.2. The number of aliphatic carboxylic acids is 1. The number of nitrogens with zero attached hydrogens (tertiary/aromatic N) is 1. The van der Waals surface area contributed by atoms with Gasteiger partial charge in [-0.2, -0.15) is 0 Å². The lowest BCUT2D eigenvalue weighted by atomic mass is 10.1. The molecule has 0 aromatic carbocycles. The first-order valence-corrected chi connectivity index (χ1v) is 19.6. The van der Waals surface area contributed by atoms with Crippen LogP contribution in [0.25, 0.3) is 0 Å². The molecule has 0 heterocycles. The Bertz CT molecular complexity index is 1120. The van der Waals surface area contributed by atoms with E-state index >= 15 is 0 Å². The van der Waals surface area contributed by atoms with E-state index in [-0.39, 0.29) is 43.1 Å². The molecular weight excluding hydrogens is 654 g/mol. The minimum Gasteiger partial charge on any atom is -0.544 e. The van der Waals surface area contributed by atoms with Crippen LogP contribution in [0.15, 0.2) is 85.1 Å². The molecule has 2 unspecified atom stereocenters. The van der Waals surface area contributed by atoms with Crippen molar-refractivity contribution in [2.24, 2.45) is 0 Å². The third-order valence-electron chi connectivity index (χ3n) is 8.03. The number of carbonyl (C=O) groups excluding carboxylic acids is 3. The molecule has 0 fully saturated rings. The number of carbonyl (C=O) groups is 3. The molecule has 52 heavy (non-hydrogen) atoms. The molecule has 0 aromatic heterocycles. The normalized spacial score (nSPS) is 13.9. The number of hydrogen-bond donors (Lipinski definition) is 0. The summed E-state index contributed by atoms with van der Waals surface area (Å²) in [5.74, 6) is -1.93. The fraction of sp³-hybridized carbons (Fsp3) is 0.614. The van der Waals surface area contributed by atoms with Gasteiger partial charge in [-0.1, -0.05) is 125 Å². The Labute approximate surface area is 316 Å². The highest BCUT2D eigenvalue weighted by molar-refractivity contribution is 5.71. The topological polar surface area (TPSA) is 102 Å². The lowest BCUT2D eigenvalue weighted by Crippen LogP contribution is -2.55. The molecule has 0 N–H and O–H groups in total. The zero-order chi connectivity index (χ0) is 38.5. The van der Waals surface area contributed by atoms with E-state index in [1.807, 2.05) is 6.08 Å². The number of esters is 2. The standard InChI is InChI=1S/C44H71NO7/c1-6-8-10-12-14-16-18-20-21-23-25-27-29-31-33-35-43(47)52-40(38-50-37-36-41(44(48)49)45(3,4)5)39-51-42(46)34-32-30-28-26-24-22-19-17-15-13-11-9-7-2/h8,10-11,13-14,16-17,19-21,25,27,31,33,40-41H,6-7,9,12,15,18,22-24,26,28-30,32,34-39H2,1-5H3/b10-8-,13-11-,16-14-,19-17-,21-20-,27-25-,33-31-. The van der Waals surface area contributed by atoms with E-state index in [9.17, 15) is 19.5 Å². The summed E-state index contributed by atoms with van der Waals surface area (Å²) >= 11 is 0. The first kappa shape index (κ1) is 48.5. The fourth-order valence-electron chi connectivity index (χ4n) is 5.00. The Morgan fingerprint density at radius 2 is 1.13 bits per heavy atom. The lowest BCUT2D eigenvalue weighted by molar-refractivity contribution is -0.889. The second-order valence-electron chi connectivity index (χ2n) is 13.8. The molecular formula is C44H71NO7. The SMILES string of the molecule is CC/C=C\C/C=C\C/C=C\C/C=C\C/C=C\CC(=O)OC(COCCC(C(=O)[O-])[N+](C)(C)C)COC(=O)CCCCCCC/C=C\C/C=C\CCC. The Morgan fingerprint density at radius 3 is 1.69 bits per heavy atom. The van der Waals surface area contributed by atoms with Gasteiger partial charge in [-0.15, -0.1) is 0 Å². The maximum Gasteiger partial charge on any atom is 0.310 e. The summed E-state index contributed by atoms with van der Waals surface area (Å²) < 4.78 is 16.9. The van der Waals surface area contributed by atoms with Crippen molar-refractivity contribution in [2.75, 3.05) is 41.0 Å². The number of rotatable bonds is 33. The highest BCUT2D eigenvalue weighted by Gasteiger charge is 2.25. The summed E-state index contributed by atoms with van der Waals surface area (Å²) in [6.07, 6.45) is 43.5. The molecule has 2 atom stereocenters. The minimum atomic E-state index is -1.15. The Balaban J connectivity index is 4.60. The highest BCUT2D eigenvalue weighted by Crippen LogP contribution is 2.11. The van der Waals surface area contributed by atoms with E-state index in [4.69, 9.17) is 14.2 Å². The number of allylic oxidation sites excluding steroid dienone is 13. The number of likely N-dealkylation sites (N-methyl/N-ethyl adjacent to an activating group) is 1. The van der Waals surface area contributed by atoms with Gasteiger partial charge in [0.1, 0.15) is 12.6 Å². The highest BCUT2D eigenvalue weighted by atomic mass is 16.6. The van der Waals surface area contributed by atoms with Gasteiger partial charge in [-0.25, -0.2) is 0 Å². The second-order valence-corrected chi connectivity index (χ2v) is 13.8. The first-order valence-electron chi connectivity index (χ1n) is 19.6. The second kappa shape index (κ2) is 34.6. The van der Waals surface area contributed by atoms with Gasteiger partial charge in [0.15, 0.2) is 6.10 Å². The molecule has 0 aliphatic carbocycles. The van der Waals surface area contributed by atoms with E-state index in [0.29, 0.717) is 12.8 Å². The maximum atomic E-state index is 12.6. The van der Waals surface area contributed by atoms with Crippen molar-refractivity contribution in [2.45, 2.75) is 135 Å². The van der Waals surface area contributed by atoms with Crippen molar-refractivity contribution in [1.29, 1.82) is 0 Å². The van der Waals surface area contributed by atoms with Crippen LogP contribution >= 0.6 is 0 Å². The van der Waals surface area contributed by atoms with Crippen LogP contribution in [0.1, 0.15) is 123 Å². The van der Waals surface area contributed by atoms with Gasteiger partial charge < -0.3 is 28.6 Å². The van der Waals surface area contributed by atoms with Crippen LogP contribution in [-0.2, 0) is 28.6 Å². The van der Waals surface area contributed by atoms with E-state index in [0.717, 1.165) is 77.0 Å². The molecule has 0 spiro atoms. The third-order valence-corrected chi connectivity index (χ3v) is 8.03. The van der Waals surface area contributed by atoms with Gasteiger partial charge in [-0.05, 0) is 64.2 Å². The summed E-state index contributed by atoms with van der Waals surface area (Å²) in [6.45, 7) is 4.32. The number of unbranched alkanes of at least 4 members (excludes halogenated alkanes) is 6. The van der Waals surface area contributed by atoms with Crippen LogP contribution in [0.4, 0.5) is 0 Å². The van der Waals surface area contributed by atoms with Gasteiger partial charge in [0.2, 0.25) is 0 Å². The molecule has 0 amide bonds. The molecule has 0 aliphatic rings. The monoisotopic (exact) mass is 726 g/mol.